The Bertz CT molecular complexity index is 1910. The summed E-state index contributed by atoms with van der Waals surface area (Å²) >= 11 is 0. The van der Waals surface area contributed by atoms with Crippen molar-refractivity contribution in [2.24, 2.45) is 11.3 Å². The molecular formula is C35H35F3N6O2. The van der Waals surface area contributed by atoms with E-state index in [1.165, 1.54) is 19.2 Å². The number of aromatic nitrogens is 3. The first-order chi connectivity index (χ1) is 22.1. The van der Waals surface area contributed by atoms with Gasteiger partial charge in [0, 0.05) is 61.7 Å². The van der Waals surface area contributed by atoms with E-state index in [-0.39, 0.29) is 59.7 Å². The Hall–Kier alpha value is -4.43. The number of halogens is 3. The Kier molecular flexibility index (Phi) is 7.51. The quantitative estimate of drug-likeness (QED) is 0.292. The number of likely N-dealkylation sites (tertiary alicyclic amines) is 1. The first-order valence-corrected chi connectivity index (χ1v) is 15.6. The van der Waals surface area contributed by atoms with E-state index in [0.717, 1.165) is 13.0 Å². The van der Waals surface area contributed by atoms with Crippen molar-refractivity contribution in [3.8, 4) is 29.6 Å². The van der Waals surface area contributed by atoms with Crippen molar-refractivity contribution in [3.63, 3.8) is 0 Å². The van der Waals surface area contributed by atoms with Crippen molar-refractivity contribution in [1.29, 1.82) is 0 Å². The fourth-order valence-corrected chi connectivity index (χ4v) is 7.86. The number of pyridine rings is 1. The van der Waals surface area contributed by atoms with Gasteiger partial charge in [0.15, 0.2) is 5.82 Å². The maximum absolute atomic E-state index is 16.8. The second kappa shape index (κ2) is 11.4. The molecule has 238 valence electrons. The summed E-state index contributed by atoms with van der Waals surface area (Å²) in [4.78, 5) is 29.8. The summed E-state index contributed by atoms with van der Waals surface area (Å²) in [5.41, 5.74) is -0.258. The Balaban J connectivity index is 1.35. The van der Waals surface area contributed by atoms with Crippen LogP contribution in [-0.2, 0) is 4.79 Å². The molecule has 1 N–H and O–H groups in total. The molecule has 5 atom stereocenters. The highest BCUT2D eigenvalue weighted by molar-refractivity contribution is 6.02. The number of benzene rings is 2. The molecule has 1 saturated carbocycles. The molecule has 1 amide bonds. The van der Waals surface area contributed by atoms with Crippen LogP contribution in [0.1, 0.15) is 38.7 Å². The highest BCUT2D eigenvalue weighted by Gasteiger charge is 2.54. The minimum absolute atomic E-state index is 0.00764. The molecule has 1 aliphatic carbocycles. The largest absolute Gasteiger partial charge is 0.463 e. The number of fused-ring (bicyclic) bond motifs is 3. The second-order valence-electron chi connectivity index (χ2n) is 13.0. The van der Waals surface area contributed by atoms with E-state index in [1.54, 1.807) is 29.2 Å². The summed E-state index contributed by atoms with van der Waals surface area (Å²) in [5, 5.41) is 4.86. The van der Waals surface area contributed by atoms with Crippen LogP contribution in [0.2, 0.25) is 0 Å². The van der Waals surface area contributed by atoms with Gasteiger partial charge in [0.2, 0.25) is 5.91 Å². The number of anilines is 1. The molecule has 4 aromatic rings. The van der Waals surface area contributed by atoms with Crippen LogP contribution in [0.15, 0.2) is 36.5 Å². The topological polar surface area (TPSA) is 83.5 Å². The summed E-state index contributed by atoms with van der Waals surface area (Å²) in [7, 11) is 1.90. The van der Waals surface area contributed by atoms with E-state index in [1.807, 2.05) is 11.9 Å². The molecule has 11 heteroatoms. The summed E-state index contributed by atoms with van der Waals surface area (Å²) < 4.78 is 52.5. The number of carbonyl (C=O) groups is 1. The third-order valence-corrected chi connectivity index (χ3v) is 10.3. The summed E-state index contributed by atoms with van der Waals surface area (Å²) in [6, 6.07) is 8.24. The molecule has 4 heterocycles. The smallest absolute Gasteiger partial charge is 0.319 e. The lowest BCUT2D eigenvalue weighted by molar-refractivity contribution is -0.128. The van der Waals surface area contributed by atoms with Crippen LogP contribution in [0, 0.1) is 35.3 Å². The van der Waals surface area contributed by atoms with Crippen molar-refractivity contribution in [2.75, 3.05) is 38.2 Å². The zero-order valence-corrected chi connectivity index (χ0v) is 26.0. The van der Waals surface area contributed by atoms with Crippen LogP contribution in [-0.4, -0.2) is 77.3 Å². The number of hydrogen-bond donors (Lipinski definition) is 1. The maximum Gasteiger partial charge on any atom is 0.319 e. The molecular weight excluding hydrogens is 593 g/mol. The molecule has 2 aromatic heterocycles. The van der Waals surface area contributed by atoms with Crippen molar-refractivity contribution >= 4 is 33.4 Å². The SMILES string of the molecule is C#Cc1c(F)ccc2cccc(-c3ncc4c(N(C)[C@@H]5CCN[C@@H]5C)nc(OCC56CC(F)CC5CN(C(C)=O)C6)nc4c3F)c12. The van der Waals surface area contributed by atoms with Crippen LogP contribution in [0.3, 0.4) is 0 Å². The van der Waals surface area contributed by atoms with Gasteiger partial charge in [0.05, 0.1) is 17.6 Å². The van der Waals surface area contributed by atoms with Crippen LogP contribution in [0.4, 0.5) is 19.0 Å². The van der Waals surface area contributed by atoms with Gasteiger partial charge in [-0.05, 0) is 50.1 Å². The van der Waals surface area contributed by atoms with E-state index in [4.69, 9.17) is 16.1 Å². The molecule has 0 spiro atoms. The lowest BCUT2D eigenvalue weighted by Gasteiger charge is -2.30. The third kappa shape index (κ3) is 4.90. The zero-order valence-electron chi connectivity index (χ0n) is 26.0. The van der Waals surface area contributed by atoms with E-state index < -0.39 is 23.2 Å². The molecule has 0 bridgehead atoms. The predicted molar refractivity (Wildman–Crippen MR) is 170 cm³/mol. The van der Waals surface area contributed by atoms with E-state index >= 15 is 4.39 Å². The van der Waals surface area contributed by atoms with Crippen molar-refractivity contribution < 1.29 is 22.7 Å². The van der Waals surface area contributed by atoms with Gasteiger partial charge in [-0.1, -0.05) is 30.2 Å². The third-order valence-electron chi connectivity index (χ3n) is 10.3. The molecule has 0 radical (unpaired) electrons. The van der Waals surface area contributed by atoms with Gasteiger partial charge < -0.3 is 19.9 Å². The number of carbonyl (C=O) groups excluding carboxylic acids is 1. The number of nitrogens with zero attached hydrogens (tertiary/aromatic N) is 5. The normalized spacial score (nSPS) is 25.6. The van der Waals surface area contributed by atoms with E-state index in [9.17, 15) is 13.6 Å². The molecule has 7 rings (SSSR count). The lowest BCUT2D eigenvalue weighted by atomic mass is 9.81. The average molecular weight is 629 g/mol. The standard InChI is InChI=1S/C35H35F3N6O2/c1-5-24-27(37)10-9-21-7-6-8-25(29(21)24)31-30(38)32-26(15-40-31)33(43(4)28-11-12-39-19(28)2)42-34(41-32)46-18-35-14-23(36)13-22(35)16-44(17-35)20(3)45/h1,6-10,15,19,22-23,28,39H,11-14,16-18H2,2-4H3/t19-,22?,23?,28-,35?/m1/s1. The van der Waals surface area contributed by atoms with E-state index in [0.29, 0.717) is 47.1 Å². The molecule has 2 aromatic carbocycles. The van der Waals surface area contributed by atoms with Gasteiger partial charge in [0.25, 0.3) is 0 Å². The monoisotopic (exact) mass is 628 g/mol. The average Bonchev–Trinajstić information content (AvgIpc) is 3.71. The van der Waals surface area contributed by atoms with E-state index in [2.05, 4.69) is 28.1 Å². The summed E-state index contributed by atoms with van der Waals surface area (Å²) in [5.74, 6) is 1.45. The van der Waals surface area contributed by atoms with Crippen molar-refractivity contribution in [1.82, 2.24) is 25.2 Å². The summed E-state index contributed by atoms with van der Waals surface area (Å²) in [6.07, 6.45) is 7.73. The maximum atomic E-state index is 16.8. The van der Waals surface area contributed by atoms with Crippen molar-refractivity contribution in [2.45, 2.75) is 51.4 Å². The number of hydrogen-bond acceptors (Lipinski definition) is 7. The molecule has 3 fully saturated rings. The van der Waals surface area contributed by atoms with Crippen LogP contribution < -0.4 is 15.0 Å². The van der Waals surface area contributed by atoms with Gasteiger partial charge in [-0.2, -0.15) is 9.97 Å². The number of rotatable bonds is 6. The first kappa shape index (κ1) is 30.2. The van der Waals surface area contributed by atoms with Crippen molar-refractivity contribution in [3.05, 3.63) is 53.7 Å². The molecule has 3 aliphatic rings. The summed E-state index contributed by atoms with van der Waals surface area (Å²) in [6.45, 7) is 5.38. The zero-order chi connectivity index (χ0) is 32.3. The fourth-order valence-electron chi connectivity index (χ4n) is 7.86. The molecule has 2 aliphatic heterocycles. The minimum Gasteiger partial charge on any atom is -0.463 e. The molecule has 8 nitrogen and oxygen atoms in total. The Labute approximate surface area is 265 Å². The number of nitrogens with one attached hydrogen (secondary N) is 1. The molecule has 2 saturated heterocycles. The van der Waals surface area contributed by atoms with Gasteiger partial charge in [-0.3, -0.25) is 9.78 Å². The fraction of sp³-hybridized carbons (Fsp3) is 0.429. The van der Waals surface area contributed by atoms with Crippen LogP contribution >= 0.6 is 0 Å². The van der Waals surface area contributed by atoms with Gasteiger partial charge >= 0.3 is 6.01 Å². The number of alkyl halides is 1. The first-order valence-electron chi connectivity index (χ1n) is 15.6. The Morgan fingerprint density at radius 2 is 2.09 bits per heavy atom. The van der Waals surface area contributed by atoms with Gasteiger partial charge in [-0.25, -0.2) is 13.2 Å². The van der Waals surface area contributed by atoms with Gasteiger partial charge in [-0.15, -0.1) is 6.42 Å². The van der Waals surface area contributed by atoms with Gasteiger partial charge in [0.1, 0.15) is 29.0 Å². The Morgan fingerprint density at radius 1 is 1.26 bits per heavy atom. The number of likely N-dealkylation sites (N-methyl/N-ethyl adjacent to an activating group) is 1. The molecule has 3 unspecified atom stereocenters. The lowest BCUT2D eigenvalue weighted by Crippen LogP contribution is -2.40. The van der Waals surface area contributed by atoms with Crippen LogP contribution in [0.5, 0.6) is 6.01 Å². The minimum atomic E-state index is -0.984. The Morgan fingerprint density at radius 3 is 2.83 bits per heavy atom. The number of amides is 1. The highest BCUT2D eigenvalue weighted by atomic mass is 19.1. The van der Waals surface area contributed by atoms with Crippen LogP contribution in [0.25, 0.3) is 32.9 Å². The predicted octanol–water partition coefficient (Wildman–Crippen LogP) is 5.27. The second-order valence-corrected chi connectivity index (χ2v) is 13.0. The number of ether oxygens (including phenoxy) is 1. The molecule has 46 heavy (non-hydrogen) atoms. The number of terminal acetylenes is 1. The highest BCUT2D eigenvalue weighted by Crippen LogP contribution is 2.50.